The molecular weight excluding hydrogens is 198 g/mol. The van der Waals surface area contributed by atoms with Crippen LogP contribution in [0.2, 0.25) is 0 Å². The van der Waals surface area contributed by atoms with E-state index in [-0.39, 0.29) is 0 Å². The van der Waals surface area contributed by atoms with E-state index in [1.807, 2.05) is 6.20 Å². The Balaban J connectivity index is 2.52. The third kappa shape index (κ3) is 3.34. The van der Waals surface area contributed by atoms with Gasteiger partial charge in [-0.2, -0.15) is 5.10 Å². The van der Waals surface area contributed by atoms with Gasteiger partial charge in [-0.3, -0.25) is 4.68 Å². The van der Waals surface area contributed by atoms with Gasteiger partial charge in [0.2, 0.25) is 0 Å². The van der Waals surface area contributed by atoms with Crippen molar-refractivity contribution in [1.29, 1.82) is 0 Å². The largest absolute Gasteiger partial charge is 0.316 e. The third-order valence-electron chi connectivity index (χ3n) is 3.26. The van der Waals surface area contributed by atoms with Crippen LogP contribution in [0.15, 0.2) is 12.3 Å². The van der Waals surface area contributed by atoms with Gasteiger partial charge < -0.3 is 5.32 Å². The molecule has 2 unspecified atom stereocenters. The van der Waals surface area contributed by atoms with E-state index < -0.39 is 0 Å². The van der Waals surface area contributed by atoms with Crippen molar-refractivity contribution in [2.24, 2.45) is 5.92 Å². The summed E-state index contributed by atoms with van der Waals surface area (Å²) < 4.78 is 2.10. The van der Waals surface area contributed by atoms with E-state index in [1.165, 1.54) is 12.1 Å². The number of nitrogens with one attached hydrogen (secondary N) is 1. The van der Waals surface area contributed by atoms with E-state index in [9.17, 15) is 0 Å². The van der Waals surface area contributed by atoms with Crippen LogP contribution >= 0.6 is 0 Å². The standard InChI is InChI=1S/C13H25N3/c1-5-8-14-10-11(3)12(4)13-7-9-15-16(13)6-2/h7,9,11-12,14H,5-6,8,10H2,1-4H3. The van der Waals surface area contributed by atoms with E-state index >= 15 is 0 Å². The number of rotatable bonds is 7. The van der Waals surface area contributed by atoms with E-state index in [4.69, 9.17) is 0 Å². The summed E-state index contributed by atoms with van der Waals surface area (Å²) in [6, 6.07) is 2.14. The van der Waals surface area contributed by atoms with Crippen LogP contribution in [-0.2, 0) is 6.54 Å². The van der Waals surface area contributed by atoms with Gasteiger partial charge in [0.05, 0.1) is 0 Å². The summed E-state index contributed by atoms with van der Waals surface area (Å²) in [7, 11) is 0. The molecule has 0 aromatic carbocycles. The third-order valence-corrected chi connectivity index (χ3v) is 3.26. The number of aryl methyl sites for hydroxylation is 1. The summed E-state index contributed by atoms with van der Waals surface area (Å²) in [5.41, 5.74) is 1.35. The van der Waals surface area contributed by atoms with Crippen molar-refractivity contribution in [3.63, 3.8) is 0 Å². The second-order valence-electron chi connectivity index (χ2n) is 4.54. The average Bonchev–Trinajstić information content (AvgIpc) is 2.76. The Morgan fingerprint density at radius 3 is 2.75 bits per heavy atom. The normalized spacial score (nSPS) is 15.0. The van der Waals surface area contributed by atoms with E-state index in [0.29, 0.717) is 11.8 Å². The highest BCUT2D eigenvalue weighted by atomic mass is 15.3. The molecule has 1 rings (SSSR count). The first-order valence-corrected chi connectivity index (χ1v) is 6.43. The number of aromatic nitrogens is 2. The van der Waals surface area contributed by atoms with Gasteiger partial charge in [0.15, 0.2) is 0 Å². The van der Waals surface area contributed by atoms with Crippen molar-refractivity contribution in [1.82, 2.24) is 15.1 Å². The minimum absolute atomic E-state index is 0.562. The lowest BCUT2D eigenvalue weighted by Gasteiger charge is -2.21. The molecule has 92 valence electrons. The minimum Gasteiger partial charge on any atom is -0.316 e. The molecule has 1 N–H and O–H groups in total. The topological polar surface area (TPSA) is 29.9 Å². The molecule has 1 aromatic heterocycles. The number of hydrogen-bond donors (Lipinski definition) is 1. The van der Waals surface area contributed by atoms with Crippen molar-refractivity contribution in [2.45, 2.75) is 46.6 Å². The highest BCUT2D eigenvalue weighted by Gasteiger charge is 2.17. The van der Waals surface area contributed by atoms with Crippen molar-refractivity contribution < 1.29 is 0 Å². The summed E-state index contributed by atoms with van der Waals surface area (Å²) in [5, 5.41) is 7.82. The molecule has 3 heteroatoms. The van der Waals surface area contributed by atoms with Crippen molar-refractivity contribution >= 4 is 0 Å². The zero-order chi connectivity index (χ0) is 12.0. The molecule has 1 aromatic rings. The first-order chi connectivity index (χ1) is 7.70. The molecule has 0 spiro atoms. The molecule has 0 aliphatic rings. The Morgan fingerprint density at radius 2 is 2.12 bits per heavy atom. The van der Waals surface area contributed by atoms with Crippen LogP contribution in [0.5, 0.6) is 0 Å². The van der Waals surface area contributed by atoms with Gasteiger partial charge in [-0.15, -0.1) is 0 Å². The zero-order valence-corrected chi connectivity index (χ0v) is 11.0. The summed E-state index contributed by atoms with van der Waals surface area (Å²) in [6.07, 6.45) is 3.11. The zero-order valence-electron chi connectivity index (χ0n) is 11.0. The summed E-state index contributed by atoms with van der Waals surface area (Å²) in [5.74, 6) is 1.21. The Bertz CT molecular complexity index is 293. The van der Waals surface area contributed by atoms with Crippen LogP contribution in [0.25, 0.3) is 0 Å². The van der Waals surface area contributed by atoms with Crippen LogP contribution in [0, 0.1) is 5.92 Å². The SMILES string of the molecule is CCCNCC(C)C(C)c1ccnn1CC. The van der Waals surface area contributed by atoms with Crippen molar-refractivity contribution in [3.05, 3.63) is 18.0 Å². The Morgan fingerprint density at radius 1 is 1.38 bits per heavy atom. The second-order valence-corrected chi connectivity index (χ2v) is 4.54. The predicted octanol–water partition coefficient (Wildman–Crippen LogP) is 2.64. The fourth-order valence-electron chi connectivity index (χ4n) is 1.97. The fourth-order valence-corrected chi connectivity index (χ4v) is 1.97. The van der Waals surface area contributed by atoms with Crippen LogP contribution in [0.1, 0.15) is 45.7 Å². The maximum absolute atomic E-state index is 4.33. The first-order valence-electron chi connectivity index (χ1n) is 6.43. The molecule has 0 fully saturated rings. The maximum atomic E-state index is 4.33. The van der Waals surface area contributed by atoms with Gasteiger partial charge in [0.25, 0.3) is 0 Å². The molecule has 16 heavy (non-hydrogen) atoms. The van der Waals surface area contributed by atoms with Gasteiger partial charge in [0, 0.05) is 24.4 Å². The van der Waals surface area contributed by atoms with Crippen LogP contribution in [0.4, 0.5) is 0 Å². The molecule has 3 nitrogen and oxygen atoms in total. The molecule has 0 saturated carbocycles. The average molecular weight is 223 g/mol. The summed E-state index contributed by atoms with van der Waals surface area (Å²) in [4.78, 5) is 0. The maximum Gasteiger partial charge on any atom is 0.0492 e. The molecular formula is C13H25N3. The Hall–Kier alpha value is -0.830. The minimum atomic E-state index is 0.562. The lowest BCUT2D eigenvalue weighted by Crippen LogP contribution is -2.26. The monoisotopic (exact) mass is 223 g/mol. The molecule has 0 saturated heterocycles. The molecule has 0 radical (unpaired) electrons. The molecule has 2 atom stereocenters. The van der Waals surface area contributed by atoms with Gasteiger partial charge in [-0.05, 0) is 38.4 Å². The van der Waals surface area contributed by atoms with Gasteiger partial charge in [-0.25, -0.2) is 0 Å². The fraction of sp³-hybridized carbons (Fsp3) is 0.769. The van der Waals surface area contributed by atoms with Crippen LogP contribution in [0.3, 0.4) is 0 Å². The predicted molar refractivity (Wildman–Crippen MR) is 68.6 cm³/mol. The van der Waals surface area contributed by atoms with Crippen molar-refractivity contribution in [2.75, 3.05) is 13.1 Å². The summed E-state index contributed by atoms with van der Waals surface area (Å²) >= 11 is 0. The van der Waals surface area contributed by atoms with Gasteiger partial charge in [0.1, 0.15) is 0 Å². The summed E-state index contributed by atoms with van der Waals surface area (Å²) in [6.45, 7) is 12.1. The highest BCUT2D eigenvalue weighted by Crippen LogP contribution is 2.23. The number of nitrogens with zero attached hydrogens (tertiary/aromatic N) is 2. The van der Waals surface area contributed by atoms with Crippen LogP contribution in [-0.4, -0.2) is 22.9 Å². The Kier molecular flexibility index (Phi) is 5.53. The van der Waals surface area contributed by atoms with E-state index in [2.05, 4.69) is 48.9 Å². The van der Waals surface area contributed by atoms with Crippen molar-refractivity contribution in [3.8, 4) is 0 Å². The van der Waals surface area contributed by atoms with E-state index in [1.54, 1.807) is 0 Å². The smallest absolute Gasteiger partial charge is 0.0492 e. The lowest BCUT2D eigenvalue weighted by molar-refractivity contribution is 0.423. The van der Waals surface area contributed by atoms with E-state index in [0.717, 1.165) is 19.6 Å². The van der Waals surface area contributed by atoms with Gasteiger partial charge in [-0.1, -0.05) is 20.8 Å². The first kappa shape index (κ1) is 13.2. The van der Waals surface area contributed by atoms with Gasteiger partial charge >= 0.3 is 0 Å². The molecule has 0 aliphatic heterocycles. The lowest BCUT2D eigenvalue weighted by atomic mass is 9.92. The number of hydrogen-bond acceptors (Lipinski definition) is 2. The quantitative estimate of drug-likeness (QED) is 0.720. The molecule has 0 amide bonds. The Labute approximate surface area is 99.2 Å². The molecule has 0 bridgehead atoms. The molecule has 0 aliphatic carbocycles. The second kappa shape index (κ2) is 6.69. The highest BCUT2D eigenvalue weighted by molar-refractivity contribution is 5.08. The molecule has 1 heterocycles. The van der Waals surface area contributed by atoms with Crippen LogP contribution < -0.4 is 5.32 Å².